The molecule has 0 saturated carbocycles. The zero-order chi connectivity index (χ0) is 21.5. The standard InChI is InChI=1S/C13H10F6N2O6S/c14-12(15,16)11(22)20-7-1-2-9-6(3-7)4-8(5-10(9)21(23)24)27-28(25,26)13(17,18)19/h4-5,7H,1-3H2,(H,20,22). The highest BCUT2D eigenvalue weighted by Crippen LogP contribution is 2.36. The van der Waals surface area contributed by atoms with E-state index in [4.69, 9.17) is 0 Å². The second-order valence-electron chi connectivity index (χ2n) is 5.73. The van der Waals surface area contributed by atoms with Crippen molar-refractivity contribution in [3.63, 3.8) is 0 Å². The van der Waals surface area contributed by atoms with Crippen molar-refractivity contribution >= 4 is 21.7 Å². The SMILES string of the molecule is O=C(NC1CCc2c(cc(OS(=O)(=O)C(F)(F)F)cc2[N+](=O)[O-])C1)C(F)(F)F. The molecule has 8 nitrogen and oxygen atoms in total. The van der Waals surface area contributed by atoms with Gasteiger partial charge in [0.05, 0.1) is 11.0 Å². The maximum atomic E-state index is 12.4. The molecule has 1 aliphatic rings. The summed E-state index contributed by atoms with van der Waals surface area (Å²) in [7, 11) is -6.11. The van der Waals surface area contributed by atoms with E-state index in [1.54, 1.807) is 5.32 Å². The molecule has 0 saturated heterocycles. The molecule has 0 aromatic heterocycles. The van der Waals surface area contributed by atoms with Gasteiger partial charge in [0.1, 0.15) is 5.75 Å². The van der Waals surface area contributed by atoms with Crippen LogP contribution in [0.5, 0.6) is 5.75 Å². The number of benzene rings is 1. The number of nitrogens with zero attached hydrogens (tertiary/aromatic N) is 1. The molecule has 28 heavy (non-hydrogen) atoms. The first kappa shape index (κ1) is 21.7. The normalized spacial score (nSPS) is 17.6. The Morgan fingerprint density at radius 3 is 2.32 bits per heavy atom. The Balaban J connectivity index is 2.37. The lowest BCUT2D eigenvalue weighted by molar-refractivity contribution is -0.385. The molecule has 156 valence electrons. The molecule has 1 atom stereocenters. The summed E-state index contributed by atoms with van der Waals surface area (Å²) >= 11 is 0. The van der Waals surface area contributed by atoms with Gasteiger partial charge in [-0.2, -0.15) is 34.8 Å². The molecule has 0 radical (unpaired) electrons. The van der Waals surface area contributed by atoms with Crippen LogP contribution in [0.4, 0.5) is 32.0 Å². The number of hydrogen-bond acceptors (Lipinski definition) is 6. The number of fused-ring (bicyclic) bond motifs is 1. The van der Waals surface area contributed by atoms with E-state index in [1.165, 1.54) is 0 Å². The molecular formula is C13H10F6N2O6S. The Labute approximate surface area is 152 Å². The molecule has 2 rings (SSSR count). The van der Waals surface area contributed by atoms with Gasteiger partial charge in [-0.15, -0.1) is 0 Å². The van der Waals surface area contributed by atoms with Gasteiger partial charge in [-0.3, -0.25) is 14.9 Å². The minimum absolute atomic E-state index is 0.000681. The van der Waals surface area contributed by atoms with Gasteiger partial charge >= 0.3 is 27.7 Å². The van der Waals surface area contributed by atoms with Crippen LogP contribution in [-0.2, 0) is 27.8 Å². The molecule has 1 aromatic rings. The second-order valence-corrected chi connectivity index (χ2v) is 7.27. The summed E-state index contributed by atoms with van der Waals surface area (Å²) in [6.45, 7) is 0. The Hall–Kier alpha value is -2.58. The summed E-state index contributed by atoms with van der Waals surface area (Å²) < 4.78 is 100. The van der Waals surface area contributed by atoms with Crippen molar-refractivity contribution < 1.29 is 48.7 Å². The molecule has 1 N–H and O–H groups in total. The van der Waals surface area contributed by atoms with Crippen LogP contribution in [-0.4, -0.2) is 37.0 Å². The van der Waals surface area contributed by atoms with Crippen LogP contribution < -0.4 is 9.50 Å². The van der Waals surface area contributed by atoms with E-state index >= 15 is 0 Å². The van der Waals surface area contributed by atoms with Crippen molar-refractivity contribution in [3.8, 4) is 5.75 Å². The second kappa shape index (κ2) is 7.10. The number of hydrogen-bond donors (Lipinski definition) is 1. The molecular weight excluding hydrogens is 426 g/mol. The molecule has 15 heteroatoms. The molecule has 0 aliphatic heterocycles. The van der Waals surface area contributed by atoms with Crippen LogP contribution in [0.25, 0.3) is 0 Å². The Bertz CT molecular complexity index is 911. The average molecular weight is 436 g/mol. The topological polar surface area (TPSA) is 116 Å². The quantitative estimate of drug-likeness (QED) is 0.255. The fourth-order valence-corrected chi connectivity index (χ4v) is 3.06. The van der Waals surface area contributed by atoms with Gasteiger partial charge in [0.2, 0.25) is 0 Å². The summed E-state index contributed by atoms with van der Waals surface area (Å²) in [5.74, 6) is -3.27. The first-order valence-corrected chi connectivity index (χ1v) is 8.71. The van der Waals surface area contributed by atoms with Crippen molar-refractivity contribution in [2.45, 2.75) is 37.0 Å². The van der Waals surface area contributed by atoms with Crippen molar-refractivity contribution in [1.29, 1.82) is 0 Å². The number of halogens is 6. The predicted molar refractivity (Wildman–Crippen MR) is 78.7 cm³/mol. The minimum Gasteiger partial charge on any atom is -0.376 e. The highest BCUT2D eigenvalue weighted by molar-refractivity contribution is 7.88. The van der Waals surface area contributed by atoms with Crippen LogP contribution >= 0.6 is 0 Å². The smallest absolute Gasteiger partial charge is 0.376 e. The molecule has 0 fully saturated rings. The van der Waals surface area contributed by atoms with E-state index in [9.17, 15) is 49.7 Å². The van der Waals surface area contributed by atoms with E-state index in [1.807, 2.05) is 0 Å². The van der Waals surface area contributed by atoms with Crippen LogP contribution in [0.3, 0.4) is 0 Å². The minimum atomic E-state index is -6.11. The van der Waals surface area contributed by atoms with Crippen molar-refractivity contribution in [2.24, 2.45) is 0 Å². The number of carbonyl (C=O) groups is 1. The maximum Gasteiger partial charge on any atom is 0.534 e. The lowest BCUT2D eigenvalue weighted by Gasteiger charge is -2.26. The molecule has 0 bridgehead atoms. The third-order valence-electron chi connectivity index (χ3n) is 3.78. The zero-order valence-corrected chi connectivity index (χ0v) is 14.2. The van der Waals surface area contributed by atoms with E-state index < -0.39 is 56.5 Å². The van der Waals surface area contributed by atoms with E-state index in [0.717, 1.165) is 6.07 Å². The van der Waals surface area contributed by atoms with Crippen molar-refractivity contribution in [2.75, 3.05) is 0 Å². The van der Waals surface area contributed by atoms with E-state index in [0.29, 0.717) is 6.07 Å². The van der Waals surface area contributed by atoms with Crippen molar-refractivity contribution in [1.82, 2.24) is 5.32 Å². The number of alkyl halides is 6. The highest BCUT2D eigenvalue weighted by Gasteiger charge is 2.49. The molecule has 1 aromatic carbocycles. The number of nitro benzene ring substituents is 1. The zero-order valence-electron chi connectivity index (χ0n) is 13.4. The first-order valence-electron chi connectivity index (χ1n) is 7.30. The lowest BCUT2D eigenvalue weighted by atomic mass is 9.87. The van der Waals surface area contributed by atoms with Gasteiger partial charge < -0.3 is 9.50 Å². The van der Waals surface area contributed by atoms with Gasteiger partial charge in [0.25, 0.3) is 5.69 Å². The monoisotopic (exact) mass is 436 g/mol. The molecule has 0 spiro atoms. The fraction of sp³-hybridized carbons (Fsp3) is 0.462. The van der Waals surface area contributed by atoms with E-state index in [-0.39, 0.29) is 24.0 Å². The van der Waals surface area contributed by atoms with Gasteiger partial charge in [0, 0.05) is 11.6 Å². The van der Waals surface area contributed by atoms with Crippen LogP contribution in [0.1, 0.15) is 17.5 Å². The summed E-state index contributed by atoms with van der Waals surface area (Å²) in [4.78, 5) is 21.2. The summed E-state index contributed by atoms with van der Waals surface area (Å²) in [5.41, 5.74) is -6.65. The Kier molecular flexibility index (Phi) is 5.51. The van der Waals surface area contributed by atoms with Gasteiger partial charge in [-0.05, 0) is 30.9 Å². The van der Waals surface area contributed by atoms with Gasteiger partial charge in [-0.25, -0.2) is 0 Å². The molecule has 1 aliphatic carbocycles. The number of nitrogens with one attached hydrogen (secondary N) is 1. The maximum absolute atomic E-state index is 12.4. The van der Waals surface area contributed by atoms with Crippen LogP contribution in [0, 0.1) is 10.1 Å². The van der Waals surface area contributed by atoms with Gasteiger partial charge in [0.15, 0.2) is 0 Å². The number of nitro groups is 1. The van der Waals surface area contributed by atoms with Crippen molar-refractivity contribution in [3.05, 3.63) is 33.4 Å². The van der Waals surface area contributed by atoms with Crippen LogP contribution in [0.2, 0.25) is 0 Å². The molecule has 1 unspecified atom stereocenters. The number of amides is 1. The third kappa shape index (κ3) is 4.63. The third-order valence-corrected chi connectivity index (χ3v) is 4.76. The summed E-state index contributed by atoms with van der Waals surface area (Å²) in [5, 5.41) is 12.8. The van der Waals surface area contributed by atoms with Crippen LogP contribution in [0.15, 0.2) is 12.1 Å². The van der Waals surface area contributed by atoms with E-state index in [2.05, 4.69) is 4.18 Å². The average Bonchev–Trinajstić information content (AvgIpc) is 2.51. The van der Waals surface area contributed by atoms with Gasteiger partial charge in [-0.1, -0.05) is 0 Å². The number of carbonyl (C=O) groups excluding carboxylic acids is 1. The highest BCUT2D eigenvalue weighted by atomic mass is 32.2. The fourth-order valence-electron chi connectivity index (χ4n) is 2.62. The lowest BCUT2D eigenvalue weighted by Crippen LogP contribution is -2.45. The molecule has 0 heterocycles. The molecule has 1 amide bonds. The summed E-state index contributed by atoms with van der Waals surface area (Å²) in [6, 6.07) is 0.115. The predicted octanol–water partition coefficient (Wildman–Crippen LogP) is 2.36. The largest absolute Gasteiger partial charge is 0.534 e. The number of rotatable bonds is 4. The Morgan fingerprint density at radius 2 is 1.82 bits per heavy atom. The first-order chi connectivity index (χ1) is 12.6. The summed E-state index contributed by atoms with van der Waals surface area (Å²) in [6.07, 6.45) is -5.84. The Morgan fingerprint density at radius 1 is 1.21 bits per heavy atom.